The van der Waals surface area contributed by atoms with Crippen LogP contribution in [-0.4, -0.2) is 19.1 Å². The van der Waals surface area contributed by atoms with Gasteiger partial charge in [0, 0.05) is 10.0 Å². The van der Waals surface area contributed by atoms with E-state index in [1.54, 1.807) is 6.07 Å². The molecule has 3 nitrogen and oxygen atoms in total. The minimum absolute atomic E-state index is 0.0916. The summed E-state index contributed by atoms with van der Waals surface area (Å²) in [5, 5.41) is 2.84. The third-order valence-corrected chi connectivity index (χ3v) is 3.16. The fourth-order valence-corrected chi connectivity index (χ4v) is 2.43. The van der Waals surface area contributed by atoms with Crippen molar-refractivity contribution in [3.8, 4) is 5.75 Å². The Morgan fingerprint density at radius 3 is 2.65 bits per heavy atom. The highest BCUT2D eigenvalue weighted by Crippen LogP contribution is 2.15. The van der Waals surface area contributed by atoms with Crippen LogP contribution in [0.15, 0.2) is 53.0 Å². The SMILES string of the molecule is Cc1cc(Br)cc(C(=O)NCCOc2ccccc2)c1. The van der Waals surface area contributed by atoms with Crippen LogP contribution in [0.25, 0.3) is 0 Å². The Morgan fingerprint density at radius 1 is 1.20 bits per heavy atom. The summed E-state index contributed by atoms with van der Waals surface area (Å²) in [7, 11) is 0. The minimum Gasteiger partial charge on any atom is -0.492 e. The molecule has 0 saturated heterocycles. The molecule has 0 heterocycles. The van der Waals surface area contributed by atoms with E-state index in [0.717, 1.165) is 15.8 Å². The summed E-state index contributed by atoms with van der Waals surface area (Å²) in [5.41, 5.74) is 1.70. The maximum atomic E-state index is 12.0. The number of carbonyl (C=O) groups is 1. The maximum Gasteiger partial charge on any atom is 0.251 e. The molecule has 1 amide bonds. The Morgan fingerprint density at radius 2 is 1.95 bits per heavy atom. The molecule has 0 bridgehead atoms. The molecule has 0 aliphatic heterocycles. The largest absolute Gasteiger partial charge is 0.492 e. The average Bonchev–Trinajstić information content (AvgIpc) is 2.43. The van der Waals surface area contributed by atoms with E-state index >= 15 is 0 Å². The highest BCUT2D eigenvalue weighted by Gasteiger charge is 2.06. The summed E-state index contributed by atoms with van der Waals surface area (Å²) in [6.07, 6.45) is 0. The van der Waals surface area contributed by atoms with Crippen molar-refractivity contribution in [2.45, 2.75) is 6.92 Å². The molecule has 0 aliphatic rings. The molecule has 2 rings (SSSR count). The van der Waals surface area contributed by atoms with Crippen LogP contribution in [0.4, 0.5) is 0 Å². The van der Waals surface area contributed by atoms with Gasteiger partial charge < -0.3 is 10.1 Å². The van der Waals surface area contributed by atoms with Gasteiger partial charge in [-0.3, -0.25) is 4.79 Å². The van der Waals surface area contributed by atoms with Gasteiger partial charge in [-0.1, -0.05) is 34.1 Å². The standard InChI is InChI=1S/C16H16BrNO2/c1-12-9-13(11-14(17)10-12)16(19)18-7-8-20-15-5-3-2-4-6-15/h2-6,9-11H,7-8H2,1H3,(H,18,19). The van der Waals surface area contributed by atoms with Crippen molar-refractivity contribution in [2.75, 3.05) is 13.2 Å². The fraction of sp³-hybridized carbons (Fsp3) is 0.188. The van der Waals surface area contributed by atoms with Gasteiger partial charge in [0.25, 0.3) is 5.91 Å². The van der Waals surface area contributed by atoms with E-state index < -0.39 is 0 Å². The zero-order valence-electron chi connectivity index (χ0n) is 11.2. The molecule has 0 unspecified atom stereocenters. The number of para-hydroxylation sites is 1. The van der Waals surface area contributed by atoms with Crippen LogP contribution in [0.2, 0.25) is 0 Å². The second-order valence-electron chi connectivity index (χ2n) is 4.43. The quantitative estimate of drug-likeness (QED) is 0.849. The first-order valence-electron chi connectivity index (χ1n) is 6.38. The fourth-order valence-electron chi connectivity index (χ4n) is 1.82. The molecule has 0 aromatic heterocycles. The monoisotopic (exact) mass is 333 g/mol. The molecule has 20 heavy (non-hydrogen) atoms. The smallest absolute Gasteiger partial charge is 0.251 e. The molecule has 2 aromatic carbocycles. The number of rotatable bonds is 5. The predicted octanol–water partition coefficient (Wildman–Crippen LogP) is 3.57. The van der Waals surface area contributed by atoms with Crippen LogP contribution < -0.4 is 10.1 Å². The molecule has 4 heteroatoms. The Balaban J connectivity index is 1.80. The van der Waals surface area contributed by atoms with Crippen LogP contribution in [-0.2, 0) is 0 Å². The molecule has 104 valence electrons. The number of ether oxygens (including phenoxy) is 1. The number of benzene rings is 2. The Kier molecular flexibility index (Phi) is 5.18. The van der Waals surface area contributed by atoms with Crippen molar-refractivity contribution >= 4 is 21.8 Å². The third-order valence-electron chi connectivity index (χ3n) is 2.70. The predicted molar refractivity (Wildman–Crippen MR) is 83.1 cm³/mol. The van der Waals surface area contributed by atoms with E-state index in [1.165, 1.54) is 0 Å². The highest BCUT2D eigenvalue weighted by atomic mass is 79.9. The van der Waals surface area contributed by atoms with E-state index in [4.69, 9.17) is 4.74 Å². The average molecular weight is 334 g/mol. The zero-order chi connectivity index (χ0) is 14.4. The van der Waals surface area contributed by atoms with Crippen molar-refractivity contribution in [3.05, 3.63) is 64.1 Å². The molecule has 0 aliphatic carbocycles. The van der Waals surface area contributed by atoms with Gasteiger partial charge in [-0.25, -0.2) is 0 Å². The van der Waals surface area contributed by atoms with Crippen molar-refractivity contribution in [1.82, 2.24) is 5.32 Å². The van der Waals surface area contributed by atoms with Crippen molar-refractivity contribution in [2.24, 2.45) is 0 Å². The first kappa shape index (κ1) is 14.6. The number of halogens is 1. The summed E-state index contributed by atoms with van der Waals surface area (Å²) >= 11 is 3.39. The lowest BCUT2D eigenvalue weighted by molar-refractivity contribution is 0.0947. The minimum atomic E-state index is -0.0916. The van der Waals surface area contributed by atoms with Gasteiger partial charge >= 0.3 is 0 Å². The summed E-state index contributed by atoms with van der Waals surface area (Å²) < 4.78 is 6.42. The summed E-state index contributed by atoms with van der Waals surface area (Å²) in [5.74, 6) is 0.714. The molecule has 2 aromatic rings. The van der Waals surface area contributed by atoms with Crippen LogP contribution >= 0.6 is 15.9 Å². The Labute approximate surface area is 127 Å². The van der Waals surface area contributed by atoms with E-state index in [2.05, 4.69) is 21.2 Å². The lowest BCUT2D eigenvalue weighted by atomic mass is 10.1. The van der Waals surface area contributed by atoms with Gasteiger partial charge in [0.2, 0.25) is 0 Å². The van der Waals surface area contributed by atoms with Crippen LogP contribution in [0.3, 0.4) is 0 Å². The van der Waals surface area contributed by atoms with E-state index in [0.29, 0.717) is 18.7 Å². The van der Waals surface area contributed by atoms with Crippen molar-refractivity contribution < 1.29 is 9.53 Å². The molecule has 0 atom stereocenters. The second-order valence-corrected chi connectivity index (χ2v) is 5.35. The van der Waals surface area contributed by atoms with Crippen LogP contribution in [0.5, 0.6) is 5.75 Å². The Bertz CT molecular complexity index is 564. The molecular formula is C16H16BrNO2. The van der Waals surface area contributed by atoms with E-state index in [-0.39, 0.29) is 5.91 Å². The maximum absolute atomic E-state index is 12.0. The number of hydrogen-bond donors (Lipinski definition) is 1. The van der Waals surface area contributed by atoms with Crippen LogP contribution in [0, 0.1) is 6.92 Å². The molecule has 0 fully saturated rings. The third kappa shape index (κ3) is 4.38. The molecule has 0 spiro atoms. The second kappa shape index (κ2) is 7.10. The van der Waals surface area contributed by atoms with E-state index in [9.17, 15) is 4.79 Å². The van der Waals surface area contributed by atoms with Crippen molar-refractivity contribution in [1.29, 1.82) is 0 Å². The van der Waals surface area contributed by atoms with Gasteiger partial charge in [-0.05, 0) is 42.8 Å². The summed E-state index contributed by atoms with van der Waals surface area (Å²) in [6, 6.07) is 15.2. The normalized spacial score (nSPS) is 10.1. The van der Waals surface area contributed by atoms with E-state index in [1.807, 2.05) is 49.4 Å². The molecule has 0 radical (unpaired) electrons. The van der Waals surface area contributed by atoms with Crippen molar-refractivity contribution in [3.63, 3.8) is 0 Å². The Hall–Kier alpha value is -1.81. The lowest BCUT2D eigenvalue weighted by Gasteiger charge is -2.08. The summed E-state index contributed by atoms with van der Waals surface area (Å²) in [6.45, 7) is 2.88. The van der Waals surface area contributed by atoms with Gasteiger partial charge in [0.15, 0.2) is 0 Å². The van der Waals surface area contributed by atoms with Gasteiger partial charge in [0.1, 0.15) is 12.4 Å². The summed E-state index contributed by atoms with van der Waals surface area (Å²) in [4.78, 5) is 12.0. The molecule has 0 saturated carbocycles. The van der Waals surface area contributed by atoms with Crippen LogP contribution in [0.1, 0.15) is 15.9 Å². The number of carbonyl (C=O) groups excluding carboxylic acids is 1. The number of aryl methyl sites for hydroxylation is 1. The van der Waals surface area contributed by atoms with Gasteiger partial charge in [-0.15, -0.1) is 0 Å². The first-order valence-corrected chi connectivity index (χ1v) is 7.18. The molecule has 1 N–H and O–H groups in total. The first-order chi connectivity index (χ1) is 9.65. The zero-order valence-corrected chi connectivity index (χ0v) is 12.8. The topological polar surface area (TPSA) is 38.3 Å². The number of hydrogen-bond acceptors (Lipinski definition) is 2. The van der Waals surface area contributed by atoms with Gasteiger partial charge in [0.05, 0.1) is 6.54 Å². The molecular weight excluding hydrogens is 318 g/mol. The number of nitrogens with one attached hydrogen (secondary N) is 1. The lowest BCUT2D eigenvalue weighted by Crippen LogP contribution is -2.28. The number of amides is 1. The highest BCUT2D eigenvalue weighted by molar-refractivity contribution is 9.10. The van der Waals surface area contributed by atoms with Gasteiger partial charge in [-0.2, -0.15) is 0 Å².